The fourth-order valence-electron chi connectivity index (χ4n) is 1.47. The van der Waals surface area contributed by atoms with Crippen molar-refractivity contribution in [2.75, 3.05) is 24.7 Å². The van der Waals surface area contributed by atoms with Gasteiger partial charge >= 0.3 is 6.18 Å². The van der Waals surface area contributed by atoms with Crippen molar-refractivity contribution in [3.8, 4) is 0 Å². The smallest absolute Gasteiger partial charge is 0.372 e. The first-order valence-corrected chi connectivity index (χ1v) is 6.44. The van der Waals surface area contributed by atoms with E-state index in [9.17, 15) is 13.2 Å². The Hall–Kier alpha value is 0.390. The second-order valence-electron chi connectivity index (χ2n) is 3.62. The quantitative estimate of drug-likeness (QED) is 0.555. The summed E-state index contributed by atoms with van der Waals surface area (Å²) in [4.78, 5) is 0. The van der Waals surface area contributed by atoms with Crippen LogP contribution >= 0.6 is 23.4 Å². The molecule has 2 atom stereocenters. The molecule has 0 aromatic rings. The summed E-state index contributed by atoms with van der Waals surface area (Å²) in [7, 11) is 0. The van der Waals surface area contributed by atoms with E-state index in [1.165, 1.54) is 0 Å². The minimum atomic E-state index is -4.21. The van der Waals surface area contributed by atoms with Crippen molar-refractivity contribution in [1.82, 2.24) is 0 Å². The van der Waals surface area contributed by atoms with Crippen molar-refractivity contribution >= 4 is 23.4 Å². The molecule has 0 bridgehead atoms. The molecular formula is C9H14ClF3OS. The minimum absolute atomic E-state index is 0.171. The molecule has 0 radical (unpaired) electrons. The Morgan fingerprint density at radius 2 is 2.07 bits per heavy atom. The molecule has 1 aliphatic rings. The number of ether oxygens (including phenoxy) is 1. The number of halogens is 4. The number of thioether (sulfide) groups is 1. The van der Waals surface area contributed by atoms with Crippen molar-refractivity contribution in [2.24, 2.45) is 5.92 Å². The van der Waals surface area contributed by atoms with Gasteiger partial charge in [0.1, 0.15) is 6.61 Å². The predicted octanol–water partition coefficient (Wildman–Crippen LogP) is 3.32. The van der Waals surface area contributed by atoms with Crippen LogP contribution in [0, 0.1) is 5.92 Å². The lowest BCUT2D eigenvalue weighted by Gasteiger charge is -2.12. The van der Waals surface area contributed by atoms with Crippen molar-refractivity contribution in [3.05, 3.63) is 0 Å². The molecule has 6 heteroatoms. The maximum Gasteiger partial charge on any atom is 0.411 e. The number of hydrogen-bond donors (Lipinski definition) is 0. The maximum absolute atomic E-state index is 11.7. The van der Waals surface area contributed by atoms with Crippen LogP contribution in [0.4, 0.5) is 13.2 Å². The Labute approximate surface area is 96.7 Å². The van der Waals surface area contributed by atoms with Gasteiger partial charge in [0.2, 0.25) is 0 Å². The number of rotatable bonds is 5. The van der Waals surface area contributed by atoms with Crippen LogP contribution in [0.3, 0.4) is 0 Å². The lowest BCUT2D eigenvalue weighted by Crippen LogP contribution is -2.18. The Balaban J connectivity index is 1.97. The summed E-state index contributed by atoms with van der Waals surface area (Å²) in [5.41, 5.74) is 0. The fourth-order valence-corrected chi connectivity index (χ4v) is 3.40. The van der Waals surface area contributed by atoms with Crippen LogP contribution in [-0.2, 0) is 4.74 Å². The van der Waals surface area contributed by atoms with Crippen molar-refractivity contribution in [2.45, 2.75) is 24.4 Å². The minimum Gasteiger partial charge on any atom is -0.372 e. The zero-order chi connectivity index (χ0) is 11.3. The molecule has 1 heterocycles. The van der Waals surface area contributed by atoms with Gasteiger partial charge in [0, 0.05) is 17.7 Å². The molecule has 90 valence electrons. The van der Waals surface area contributed by atoms with Crippen molar-refractivity contribution in [1.29, 1.82) is 0 Å². The summed E-state index contributed by atoms with van der Waals surface area (Å²) in [6.45, 7) is -0.971. The van der Waals surface area contributed by atoms with E-state index in [4.69, 9.17) is 11.6 Å². The van der Waals surface area contributed by atoms with Crippen LogP contribution in [-0.4, -0.2) is 36.3 Å². The van der Waals surface area contributed by atoms with E-state index in [0.29, 0.717) is 12.3 Å². The van der Waals surface area contributed by atoms with Crippen LogP contribution in [0.15, 0.2) is 0 Å². The Kier molecular flexibility index (Phi) is 5.57. The van der Waals surface area contributed by atoms with Gasteiger partial charge in [0.25, 0.3) is 0 Å². The third-order valence-electron chi connectivity index (χ3n) is 2.25. The summed E-state index contributed by atoms with van der Waals surface area (Å²) in [6.07, 6.45) is -2.69. The van der Waals surface area contributed by atoms with Gasteiger partial charge in [-0.05, 0) is 24.5 Å². The summed E-state index contributed by atoms with van der Waals surface area (Å²) < 4.78 is 39.6. The first-order chi connectivity index (χ1) is 6.99. The highest BCUT2D eigenvalue weighted by Crippen LogP contribution is 2.31. The molecule has 0 aromatic carbocycles. The van der Waals surface area contributed by atoms with Gasteiger partial charge in [0.15, 0.2) is 0 Å². The molecule has 0 aromatic heterocycles. The second kappa shape index (κ2) is 6.21. The zero-order valence-corrected chi connectivity index (χ0v) is 9.80. The molecular weight excluding hydrogens is 249 g/mol. The normalized spacial score (nSPS) is 27.2. The van der Waals surface area contributed by atoms with Gasteiger partial charge in [0.05, 0.1) is 0 Å². The lowest BCUT2D eigenvalue weighted by atomic mass is 10.0. The third kappa shape index (κ3) is 5.88. The molecule has 0 amide bonds. The van der Waals surface area contributed by atoms with E-state index < -0.39 is 12.8 Å². The molecule has 0 aliphatic carbocycles. The average molecular weight is 263 g/mol. The van der Waals surface area contributed by atoms with Gasteiger partial charge in [-0.25, -0.2) is 0 Å². The highest BCUT2D eigenvalue weighted by molar-refractivity contribution is 7.99. The zero-order valence-electron chi connectivity index (χ0n) is 8.23. The summed E-state index contributed by atoms with van der Waals surface area (Å²) >= 11 is 7.83. The van der Waals surface area contributed by atoms with Crippen LogP contribution in [0.5, 0.6) is 0 Å². The maximum atomic E-state index is 11.7. The molecule has 1 rings (SSSR count). The van der Waals surface area contributed by atoms with E-state index in [2.05, 4.69) is 4.74 Å². The number of alkyl halides is 4. The molecule has 1 nitrogen and oxygen atoms in total. The Morgan fingerprint density at radius 1 is 1.33 bits per heavy atom. The van der Waals surface area contributed by atoms with Gasteiger partial charge in [-0.1, -0.05) is 0 Å². The molecule has 2 unspecified atom stereocenters. The Bertz CT molecular complexity index is 189. The van der Waals surface area contributed by atoms with E-state index in [0.717, 1.165) is 17.9 Å². The monoisotopic (exact) mass is 262 g/mol. The first-order valence-electron chi connectivity index (χ1n) is 4.85. The van der Waals surface area contributed by atoms with Crippen LogP contribution in [0.2, 0.25) is 0 Å². The Morgan fingerprint density at radius 3 is 2.60 bits per heavy atom. The molecule has 1 aliphatic heterocycles. The molecule has 15 heavy (non-hydrogen) atoms. The first kappa shape index (κ1) is 13.5. The second-order valence-corrected chi connectivity index (χ2v) is 5.26. The van der Waals surface area contributed by atoms with Crippen LogP contribution < -0.4 is 0 Å². The van der Waals surface area contributed by atoms with E-state index >= 15 is 0 Å². The fraction of sp³-hybridized carbons (Fsp3) is 1.00. The van der Waals surface area contributed by atoms with Gasteiger partial charge in [-0.15, -0.1) is 11.6 Å². The molecule has 0 N–H and O–H groups in total. The standard InChI is InChI=1S/C9H14ClF3OS/c10-8-5-15-4-7(8)2-1-3-14-6-9(11,12)13/h7-8H,1-6H2. The highest BCUT2D eigenvalue weighted by Gasteiger charge is 2.28. The topological polar surface area (TPSA) is 9.23 Å². The largest absolute Gasteiger partial charge is 0.411 e. The SMILES string of the molecule is FC(F)(F)COCCCC1CSCC1Cl. The third-order valence-corrected chi connectivity index (χ3v) is 4.20. The van der Waals surface area contributed by atoms with E-state index in [1.54, 1.807) is 11.8 Å². The predicted molar refractivity (Wildman–Crippen MR) is 56.6 cm³/mol. The van der Waals surface area contributed by atoms with E-state index in [-0.39, 0.29) is 12.0 Å². The van der Waals surface area contributed by atoms with E-state index in [1.807, 2.05) is 0 Å². The summed E-state index contributed by atoms with van der Waals surface area (Å²) in [5, 5.41) is 0.178. The molecule has 1 saturated heterocycles. The van der Waals surface area contributed by atoms with Crippen LogP contribution in [0.1, 0.15) is 12.8 Å². The van der Waals surface area contributed by atoms with Gasteiger partial charge in [-0.3, -0.25) is 0 Å². The van der Waals surface area contributed by atoms with Crippen molar-refractivity contribution in [3.63, 3.8) is 0 Å². The van der Waals surface area contributed by atoms with Gasteiger partial charge < -0.3 is 4.74 Å². The lowest BCUT2D eigenvalue weighted by molar-refractivity contribution is -0.174. The van der Waals surface area contributed by atoms with Gasteiger partial charge in [-0.2, -0.15) is 24.9 Å². The summed E-state index contributed by atoms with van der Waals surface area (Å²) in [6, 6.07) is 0. The van der Waals surface area contributed by atoms with Crippen molar-refractivity contribution < 1.29 is 17.9 Å². The highest BCUT2D eigenvalue weighted by atomic mass is 35.5. The molecule has 0 saturated carbocycles. The molecule has 0 spiro atoms. The average Bonchev–Trinajstić information content (AvgIpc) is 2.49. The van der Waals surface area contributed by atoms with Crippen LogP contribution in [0.25, 0.3) is 0 Å². The summed E-state index contributed by atoms with van der Waals surface area (Å²) in [5.74, 6) is 2.41. The molecule has 1 fully saturated rings. The number of hydrogen-bond acceptors (Lipinski definition) is 2.